The molecule has 0 bridgehead atoms. The quantitative estimate of drug-likeness (QED) is 0.670. The van der Waals surface area contributed by atoms with Gasteiger partial charge in [0.25, 0.3) is 0 Å². The lowest BCUT2D eigenvalue weighted by Crippen LogP contribution is -2.41. The zero-order valence-electron chi connectivity index (χ0n) is 12.8. The van der Waals surface area contributed by atoms with Gasteiger partial charge in [0.15, 0.2) is 0 Å². The van der Waals surface area contributed by atoms with Crippen molar-refractivity contribution in [2.24, 2.45) is 5.73 Å². The van der Waals surface area contributed by atoms with Crippen LogP contribution in [0.3, 0.4) is 0 Å². The molecule has 0 aromatic heterocycles. The Bertz CT molecular complexity index is 558. The summed E-state index contributed by atoms with van der Waals surface area (Å²) in [5, 5.41) is 0. The van der Waals surface area contributed by atoms with Crippen LogP contribution < -0.4 is 5.73 Å². The molecule has 0 spiro atoms. The lowest BCUT2D eigenvalue weighted by atomic mass is 9.74. The van der Waals surface area contributed by atoms with Crippen LogP contribution in [0.1, 0.15) is 44.8 Å². The molecular formula is C14H18BF4NO2. The smallest absolute Gasteiger partial charge is 0.402 e. The van der Waals surface area contributed by atoms with Crippen LogP contribution in [-0.2, 0) is 15.5 Å². The maximum absolute atomic E-state index is 13.3. The van der Waals surface area contributed by atoms with Crippen molar-refractivity contribution in [3.05, 3.63) is 35.1 Å². The van der Waals surface area contributed by atoms with Crippen LogP contribution in [0.2, 0.25) is 0 Å². The van der Waals surface area contributed by atoms with Crippen molar-refractivity contribution in [2.45, 2.75) is 51.0 Å². The molecule has 0 aliphatic carbocycles. The predicted molar refractivity (Wildman–Crippen MR) is 74.4 cm³/mol. The number of alkyl halides is 3. The first-order valence-electron chi connectivity index (χ1n) is 6.83. The summed E-state index contributed by atoms with van der Waals surface area (Å²) in [4.78, 5) is 0. The second-order valence-electron chi connectivity index (χ2n) is 6.39. The van der Waals surface area contributed by atoms with Crippen molar-refractivity contribution in [2.75, 3.05) is 0 Å². The summed E-state index contributed by atoms with van der Waals surface area (Å²) in [5.41, 5.74) is 3.42. The maximum atomic E-state index is 13.3. The molecular weight excluding hydrogens is 301 g/mol. The first-order valence-corrected chi connectivity index (χ1v) is 6.83. The molecule has 1 aromatic rings. The minimum atomic E-state index is -4.78. The predicted octanol–water partition coefficient (Wildman–Crippen LogP) is 3.48. The van der Waals surface area contributed by atoms with Gasteiger partial charge in [0.05, 0.1) is 22.7 Å². The van der Waals surface area contributed by atoms with Gasteiger partial charge in [0.1, 0.15) is 5.82 Å². The fraction of sp³-hybridized carbons (Fsp3) is 0.571. The van der Waals surface area contributed by atoms with Gasteiger partial charge in [0, 0.05) is 0 Å². The first-order chi connectivity index (χ1) is 9.85. The summed E-state index contributed by atoms with van der Waals surface area (Å²) < 4.78 is 63.1. The highest BCUT2D eigenvalue weighted by Crippen LogP contribution is 2.40. The summed E-state index contributed by atoms with van der Waals surface area (Å²) in [6.07, 6.45) is -4.78. The lowest BCUT2D eigenvalue weighted by molar-refractivity contribution is -0.140. The Labute approximate surface area is 126 Å². The molecule has 1 aromatic carbocycles. The molecule has 0 radical (unpaired) electrons. The molecule has 0 amide bonds. The third-order valence-electron chi connectivity index (χ3n) is 4.25. The Morgan fingerprint density at radius 2 is 1.59 bits per heavy atom. The summed E-state index contributed by atoms with van der Waals surface area (Å²) in [6.45, 7) is 7.24. The van der Waals surface area contributed by atoms with Crippen LogP contribution in [0.15, 0.2) is 18.2 Å². The standard InChI is InChI=1S/C14H18BF4NO2/c1-12(2)13(3,4)22-15(21-12)11(20)8-5-6-10(16)9(7-8)14(17,18)19/h5-7,11H,20H2,1-4H3/t11-/m0/s1. The molecule has 2 N–H and O–H groups in total. The molecule has 1 aliphatic heterocycles. The molecule has 22 heavy (non-hydrogen) atoms. The highest BCUT2D eigenvalue weighted by Gasteiger charge is 2.53. The van der Waals surface area contributed by atoms with E-state index in [9.17, 15) is 17.6 Å². The molecule has 1 fully saturated rings. The summed E-state index contributed by atoms with van der Waals surface area (Å²) in [6, 6.07) is 2.66. The Morgan fingerprint density at radius 1 is 1.09 bits per heavy atom. The van der Waals surface area contributed by atoms with Gasteiger partial charge in [-0.05, 0) is 45.4 Å². The van der Waals surface area contributed by atoms with E-state index in [1.165, 1.54) is 6.07 Å². The normalized spacial score (nSPS) is 22.0. The van der Waals surface area contributed by atoms with E-state index in [1.54, 1.807) is 0 Å². The zero-order valence-corrected chi connectivity index (χ0v) is 12.8. The van der Waals surface area contributed by atoms with Crippen LogP contribution in [0.25, 0.3) is 0 Å². The SMILES string of the molecule is CC1(C)OB([C@@H](N)c2ccc(F)c(C(F)(F)F)c2)OC1(C)C. The molecule has 1 saturated heterocycles. The van der Waals surface area contributed by atoms with Crippen LogP contribution in [0, 0.1) is 5.82 Å². The second-order valence-corrected chi connectivity index (χ2v) is 6.39. The Morgan fingerprint density at radius 3 is 2.05 bits per heavy atom. The minimum absolute atomic E-state index is 0.104. The van der Waals surface area contributed by atoms with E-state index in [1.807, 2.05) is 27.7 Å². The van der Waals surface area contributed by atoms with Crippen LogP contribution in [-0.4, -0.2) is 18.3 Å². The number of halogens is 4. The lowest BCUT2D eigenvalue weighted by Gasteiger charge is -2.32. The van der Waals surface area contributed by atoms with Gasteiger partial charge in [-0.25, -0.2) is 4.39 Å². The van der Waals surface area contributed by atoms with Gasteiger partial charge in [-0.3, -0.25) is 0 Å². The van der Waals surface area contributed by atoms with Crippen LogP contribution >= 0.6 is 0 Å². The van der Waals surface area contributed by atoms with Crippen molar-refractivity contribution in [3.63, 3.8) is 0 Å². The topological polar surface area (TPSA) is 44.5 Å². The Hall–Kier alpha value is -1.12. The molecule has 0 unspecified atom stereocenters. The molecule has 8 heteroatoms. The maximum Gasteiger partial charge on any atom is 0.480 e. The Balaban J connectivity index is 2.30. The van der Waals surface area contributed by atoms with Gasteiger partial charge in [-0.15, -0.1) is 0 Å². The van der Waals surface area contributed by atoms with E-state index in [0.717, 1.165) is 6.07 Å². The van der Waals surface area contributed by atoms with E-state index in [4.69, 9.17) is 15.0 Å². The fourth-order valence-electron chi connectivity index (χ4n) is 2.16. The summed E-state index contributed by atoms with van der Waals surface area (Å²) in [7, 11) is -0.906. The third kappa shape index (κ3) is 3.00. The highest BCUT2D eigenvalue weighted by molar-refractivity contribution is 6.47. The molecule has 1 aliphatic rings. The minimum Gasteiger partial charge on any atom is -0.402 e. The van der Waals surface area contributed by atoms with Crippen LogP contribution in [0.5, 0.6) is 0 Å². The van der Waals surface area contributed by atoms with E-state index >= 15 is 0 Å². The average molecular weight is 319 g/mol. The number of nitrogens with two attached hydrogens (primary N) is 1. The van der Waals surface area contributed by atoms with Gasteiger partial charge in [0.2, 0.25) is 0 Å². The fourth-order valence-corrected chi connectivity index (χ4v) is 2.16. The van der Waals surface area contributed by atoms with Crippen molar-refractivity contribution >= 4 is 7.12 Å². The van der Waals surface area contributed by atoms with Gasteiger partial charge in [-0.2, -0.15) is 13.2 Å². The van der Waals surface area contributed by atoms with Crippen molar-refractivity contribution in [1.29, 1.82) is 0 Å². The first kappa shape index (κ1) is 17.2. The van der Waals surface area contributed by atoms with Crippen molar-refractivity contribution in [1.82, 2.24) is 0 Å². The largest absolute Gasteiger partial charge is 0.480 e. The van der Waals surface area contributed by atoms with Crippen LogP contribution in [0.4, 0.5) is 17.6 Å². The number of benzene rings is 1. The molecule has 0 saturated carbocycles. The van der Waals surface area contributed by atoms with Crippen molar-refractivity contribution < 1.29 is 26.9 Å². The molecule has 2 rings (SSSR count). The average Bonchev–Trinajstić information content (AvgIpc) is 2.57. The van der Waals surface area contributed by atoms with Crippen molar-refractivity contribution in [3.8, 4) is 0 Å². The van der Waals surface area contributed by atoms with Gasteiger partial charge >= 0.3 is 13.3 Å². The van der Waals surface area contributed by atoms with E-state index in [-0.39, 0.29) is 5.56 Å². The molecule has 122 valence electrons. The number of hydrogen-bond acceptors (Lipinski definition) is 3. The molecule has 1 atom stereocenters. The summed E-state index contributed by atoms with van der Waals surface area (Å²) >= 11 is 0. The molecule has 3 nitrogen and oxygen atoms in total. The number of rotatable bonds is 2. The third-order valence-corrected chi connectivity index (χ3v) is 4.25. The van der Waals surface area contributed by atoms with Gasteiger partial charge < -0.3 is 15.0 Å². The monoisotopic (exact) mass is 319 g/mol. The second kappa shape index (κ2) is 5.21. The Kier molecular flexibility index (Phi) is 4.09. The van der Waals surface area contributed by atoms with E-state index in [2.05, 4.69) is 0 Å². The summed E-state index contributed by atoms with van der Waals surface area (Å²) in [5.74, 6) is -2.29. The highest BCUT2D eigenvalue weighted by atomic mass is 19.4. The van der Waals surface area contributed by atoms with Gasteiger partial charge in [-0.1, -0.05) is 6.07 Å². The van der Waals surface area contributed by atoms with E-state index < -0.39 is 41.8 Å². The van der Waals surface area contributed by atoms with E-state index in [0.29, 0.717) is 6.07 Å². The molecule has 1 heterocycles. The zero-order chi connectivity index (χ0) is 16.9. The number of hydrogen-bond donors (Lipinski definition) is 1.